The number of aliphatic hydroxyl groups excluding tert-OH is 1. The number of rotatable bonds is 1. The number of fused-ring (bicyclic) bond motifs is 1. The maximum Gasteiger partial charge on any atom is 0.220 e. The van der Waals surface area contributed by atoms with Crippen LogP contribution in [0.15, 0.2) is 30.9 Å². The Labute approximate surface area is 114 Å². The van der Waals surface area contributed by atoms with E-state index in [0.717, 1.165) is 0 Å². The van der Waals surface area contributed by atoms with Gasteiger partial charge in [-0.3, -0.25) is 4.57 Å². The van der Waals surface area contributed by atoms with Gasteiger partial charge >= 0.3 is 0 Å². The lowest BCUT2D eigenvalue weighted by Crippen LogP contribution is -2.43. The largest absolute Gasteiger partial charge is 0.468 e. The number of nitrogens with two attached hydrogens (primary N) is 1. The molecule has 3 heterocycles. The fourth-order valence-electron chi connectivity index (χ4n) is 2.28. The van der Waals surface area contributed by atoms with Gasteiger partial charge in [-0.1, -0.05) is 12.5 Å². The fraction of sp³-hybridized carbons (Fsp3) is 0.231. The molecule has 0 aromatic carbocycles. The van der Waals surface area contributed by atoms with Crippen LogP contribution in [0.3, 0.4) is 0 Å². The number of aromatic nitrogens is 3. The van der Waals surface area contributed by atoms with Crippen molar-refractivity contribution >= 4 is 16.9 Å². The normalized spacial score (nSPS) is 29.4. The first-order valence-electron chi connectivity index (χ1n) is 5.79. The lowest BCUT2D eigenvalue weighted by molar-refractivity contribution is -0.0627. The Morgan fingerprint density at radius 1 is 1.55 bits per heavy atom. The van der Waals surface area contributed by atoms with Crippen LogP contribution in [0, 0.1) is 12.3 Å². The molecule has 20 heavy (non-hydrogen) atoms. The molecule has 1 aliphatic heterocycles. The smallest absolute Gasteiger partial charge is 0.220 e. The minimum absolute atomic E-state index is 0.000622. The number of hydrogen-bond donors (Lipinski definition) is 3. The van der Waals surface area contributed by atoms with E-state index in [1.54, 1.807) is 12.3 Å². The summed E-state index contributed by atoms with van der Waals surface area (Å²) >= 11 is 0. The molecule has 102 valence electrons. The van der Waals surface area contributed by atoms with Gasteiger partial charge in [-0.2, -0.15) is 0 Å². The van der Waals surface area contributed by atoms with Gasteiger partial charge in [-0.25, -0.2) is 9.97 Å². The number of nitrogen functional groups attached to an aromatic ring is 1. The van der Waals surface area contributed by atoms with Crippen molar-refractivity contribution in [1.29, 1.82) is 0 Å². The van der Waals surface area contributed by atoms with Crippen molar-refractivity contribution in [3.05, 3.63) is 30.9 Å². The SMILES string of the molecule is C#C[C@@]1(O)[C@H](O)C(=C)O[C@H]1n1ccc2c(N)ncnc21. The minimum Gasteiger partial charge on any atom is -0.468 e. The van der Waals surface area contributed by atoms with Crippen LogP contribution in [0.2, 0.25) is 0 Å². The highest BCUT2D eigenvalue weighted by Crippen LogP contribution is 2.41. The lowest BCUT2D eigenvalue weighted by Gasteiger charge is -2.25. The fourth-order valence-corrected chi connectivity index (χ4v) is 2.28. The number of hydrogen-bond acceptors (Lipinski definition) is 6. The second kappa shape index (κ2) is 3.96. The molecule has 2 aromatic rings. The molecule has 0 aliphatic carbocycles. The quantitative estimate of drug-likeness (QED) is 0.620. The molecule has 0 spiro atoms. The van der Waals surface area contributed by atoms with Crippen molar-refractivity contribution < 1.29 is 14.9 Å². The Kier molecular flexibility index (Phi) is 2.47. The second-order valence-corrected chi connectivity index (χ2v) is 4.53. The summed E-state index contributed by atoms with van der Waals surface area (Å²) in [4.78, 5) is 7.97. The highest BCUT2D eigenvalue weighted by atomic mass is 16.6. The molecule has 2 aromatic heterocycles. The number of ether oxygens (including phenoxy) is 1. The van der Waals surface area contributed by atoms with Gasteiger partial charge in [-0.15, -0.1) is 6.42 Å². The summed E-state index contributed by atoms with van der Waals surface area (Å²) in [7, 11) is 0. The summed E-state index contributed by atoms with van der Waals surface area (Å²) in [6.45, 7) is 3.54. The van der Waals surface area contributed by atoms with Gasteiger partial charge in [0, 0.05) is 6.20 Å². The molecule has 0 bridgehead atoms. The predicted molar refractivity (Wildman–Crippen MR) is 71.0 cm³/mol. The zero-order chi connectivity index (χ0) is 14.5. The van der Waals surface area contributed by atoms with Crippen LogP contribution < -0.4 is 5.73 Å². The molecule has 3 rings (SSSR count). The predicted octanol–water partition coefficient (Wildman–Crippen LogP) is -0.219. The first-order valence-corrected chi connectivity index (χ1v) is 5.79. The average molecular weight is 272 g/mol. The van der Waals surface area contributed by atoms with E-state index < -0.39 is 17.9 Å². The number of aliphatic hydroxyl groups is 2. The molecule has 3 atom stereocenters. The molecule has 0 amide bonds. The van der Waals surface area contributed by atoms with Gasteiger partial charge in [0.05, 0.1) is 5.39 Å². The van der Waals surface area contributed by atoms with Crippen molar-refractivity contribution in [2.75, 3.05) is 5.73 Å². The molecule has 0 unspecified atom stereocenters. The van der Waals surface area contributed by atoms with E-state index in [-0.39, 0.29) is 5.76 Å². The van der Waals surface area contributed by atoms with Crippen LogP contribution in [0.1, 0.15) is 6.23 Å². The zero-order valence-corrected chi connectivity index (χ0v) is 10.4. The maximum atomic E-state index is 10.4. The van der Waals surface area contributed by atoms with Crippen molar-refractivity contribution in [3.8, 4) is 12.3 Å². The Morgan fingerprint density at radius 3 is 3.00 bits per heavy atom. The van der Waals surface area contributed by atoms with Crippen molar-refractivity contribution in [2.24, 2.45) is 0 Å². The molecule has 0 radical (unpaired) electrons. The average Bonchev–Trinajstić information content (AvgIpc) is 2.96. The van der Waals surface area contributed by atoms with Gasteiger partial charge < -0.3 is 20.7 Å². The maximum absolute atomic E-state index is 10.4. The number of nitrogens with zero attached hydrogens (tertiary/aromatic N) is 3. The molecular weight excluding hydrogens is 260 g/mol. The zero-order valence-electron chi connectivity index (χ0n) is 10.4. The van der Waals surface area contributed by atoms with E-state index in [2.05, 4.69) is 22.5 Å². The third-order valence-corrected chi connectivity index (χ3v) is 3.39. The molecule has 4 N–H and O–H groups in total. The van der Waals surface area contributed by atoms with Crippen molar-refractivity contribution in [2.45, 2.75) is 17.9 Å². The van der Waals surface area contributed by atoms with E-state index in [0.29, 0.717) is 16.9 Å². The third kappa shape index (κ3) is 1.43. The first kappa shape index (κ1) is 12.5. The minimum atomic E-state index is -1.93. The summed E-state index contributed by atoms with van der Waals surface area (Å²) < 4.78 is 6.89. The van der Waals surface area contributed by atoms with E-state index in [4.69, 9.17) is 16.9 Å². The lowest BCUT2D eigenvalue weighted by atomic mass is 9.97. The Morgan fingerprint density at radius 2 is 2.30 bits per heavy atom. The van der Waals surface area contributed by atoms with Crippen LogP contribution in [0.4, 0.5) is 5.82 Å². The van der Waals surface area contributed by atoms with Gasteiger partial charge in [0.25, 0.3) is 0 Å². The number of anilines is 1. The standard InChI is InChI=1S/C13H12N4O3/c1-3-13(19)9(18)7(2)20-12(13)17-5-4-8-10(14)15-6-16-11(8)17/h1,4-6,9,12,18-19H,2H2,(H2,14,15,16)/t9-,12-,13-/m1/s1. The van der Waals surface area contributed by atoms with E-state index in [1.165, 1.54) is 10.9 Å². The summed E-state index contributed by atoms with van der Waals surface area (Å²) in [5, 5.41) is 21.0. The summed E-state index contributed by atoms with van der Waals surface area (Å²) in [6, 6.07) is 1.68. The van der Waals surface area contributed by atoms with Gasteiger partial charge in [0.2, 0.25) is 11.8 Å². The van der Waals surface area contributed by atoms with Crippen molar-refractivity contribution in [1.82, 2.24) is 14.5 Å². The summed E-state index contributed by atoms with van der Waals surface area (Å²) in [6.07, 6.45) is 5.82. The molecule has 0 saturated carbocycles. The summed E-state index contributed by atoms with van der Waals surface area (Å²) in [5.74, 6) is 2.46. The Bertz CT molecular complexity index is 748. The first-order chi connectivity index (χ1) is 9.49. The molecule has 7 nitrogen and oxygen atoms in total. The van der Waals surface area contributed by atoms with Crippen LogP contribution in [0.25, 0.3) is 11.0 Å². The van der Waals surface area contributed by atoms with Crippen molar-refractivity contribution in [3.63, 3.8) is 0 Å². The molecule has 1 fully saturated rings. The van der Waals surface area contributed by atoms with Crippen LogP contribution in [0.5, 0.6) is 0 Å². The highest BCUT2D eigenvalue weighted by Gasteiger charge is 2.53. The Balaban J connectivity index is 2.19. The topological polar surface area (TPSA) is 106 Å². The number of terminal acetylenes is 1. The second-order valence-electron chi connectivity index (χ2n) is 4.53. The molecule has 1 aliphatic rings. The van der Waals surface area contributed by atoms with E-state index in [9.17, 15) is 10.2 Å². The van der Waals surface area contributed by atoms with E-state index >= 15 is 0 Å². The van der Waals surface area contributed by atoms with Crippen LogP contribution in [-0.2, 0) is 4.74 Å². The summed E-state index contributed by atoms with van der Waals surface area (Å²) in [5.41, 5.74) is 4.26. The van der Waals surface area contributed by atoms with Crippen LogP contribution >= 0.6 is 0 Å². The highest BCUT2D eigenvalue weighted by molar-refractivity contribution is 5.86. The van der Waals surface area contributed by atoms with Crippen LogP contribution in [-0.4, -0.2) is 36.5 Å². The Hall–Kier alpha value is -2.56. The van der Waals surface area contributed by atoms with Gasteiger partial charge in [0.1, 0.15) is 23.6 Å². The van der Waals surface area contributed by atoms with E-state index in [1.807, 2.05) is 0 Å². The monoisotopic (exact) mass is 272 g/mol. The molecule has 7 heteroatoms. The molecular formula is C13H12N4O3. The molecule has 1 saturated heterocycles. The van der Waals surface area contributed by atoms with Gasteiger partial charge in [0.15, 0.2) is 6.10 Å². The van der Waals surface area contributed by atoms with Gasteiger partial charge in [-0.05, 0) is 6.07 Å². The third-order valence-electron chi connectivity index (χ3n) is 3.39.